The summed E-state index contributed by atoms with van der Waals surface area (Å²) in [6.45, 7) is 0.985. The predicted molar refractivity (Wildman–Crippen MR) is 82.5 cm³/mol. The number of carbonyl (C=O) groups excluding carboxylic acids is 1. The monoisotopic (exact) mass is 305 g/mol. The van der Waals surface area contributed by atoms with Crippen LogP contribution in [0.2, 0.25) is 5.02 Å². The molecule has 3 rings (SSSR count). The van der Waals surface area contributed by atoms with Gasteiger partial charge in [-0.25, -0.2) is 0 Å². The van der Waals surface area contributed by atoms with Crippen molar-refractivity contribution in [2.24, 2.45) is 5.92 Å². The standard InChI is InChI=1S/C15H16ClN3O2/c1-17-13-8-21-7-10(13)15(20)19-12-5-4-11(16)14-9(12)3-2-6-18-14/h2-6,10,13,17H,7-8H2,1H3,(H,19,20). The normalized spacial score (nSPS) is 21.6. The predicted octanol–water partition coefficient (Wildman–Crippen LogP) is 2.06. The number of rotatable bonds is 3. The SMILES string of the molecule is CNC1COCC1C(=O)Nc1ccc(Cl)c2ncccc12. The van der Waals surface area contributed by atoms with Crippen LogP contribution in [0.1, 0.15) is 0 Å². The second-order valence-corrected chi connectivity index (χ2v) is 5.43. The molecule has 2 heterocycles. The molecule has 0 radical (unpaired) electrons. The van der Waals surface area contributed by atoms with Crippen LogP contribution in [0.25, 0.3) is 10.9 Å². The molecule has 1 amide bonds. The fourth-order valence-electron chi connectivity index (χ4n) is 2.57. The number of aromatic nitrogens is 1. The van der Waals surface area contributed by atoms with E-state index in [1.165, 1.54) is 0 Å². The first-order valence-electron chi connectivity index (χ1n) is 6.80. The minimum Gasteiger partial charge on any atom is -0.379 e. The molecule has 2 N–H and O–H groups in total. The maximum atomic E-state index is 12.4. The Morgan fingerprint density at radius 2 is 2.24 bits per heavy atom. The lowest BCUT2D eigenvalue weighted by Gasteiger charge is -2.17. The molecule has 1 fully saturated rings. The van der Waals surface area contributed by atoms with Crippen LogP contribution in [0.3, 0.4) is 0 Å². The maximum Gasteiger partial charge on any atom is 0.231 e. The van der Waals surface area contributed by atoms with Crippen LogP contribution in [0.4, 0.5) is 5.69 Å². The van der Waals surface area contributed by atoms with Gasteiger partial charge < -0.3 is 15.4 Å². The van der Waals surface area contributed by atoms with Gasteiger partial charge in [0.2, 0.25) is 5.91 Å². The molecule has 0 saturated carbocycles. The van der Waals surface area contributed by atoms with Crippen LogP contribution >= 0.6 is 11.6 Å². The van der Waals surface area contributed by atoms with Gasteiger partial charge in [0.25, 0.3) is 0 Å². The van der Waals surface area contributed by atoms with E-state index in [0.717, 1.165) is 5.39 Å². The number of fused-ring (bicyclic) bond motifs is 1. The van der Waals surface area contributed by atoms with E-state index in [0.29, 0.717) is 29.4 Å². The Balaban J connectivity index is 1.88. The average Bonchev–Trinajstić information content (AvgIpc) is 2.99. The lowest BCUT2D eigenvalue weighted by molar-refractivity contribution is -0.120. The minimum absolute atomic E-state index is 0.0432. The first kappa shape index (κ1) is 14.3. The Morgan fingerprint density at radius 3 is 3.05 bits per heavy atom. The number of anilines is 1. The van der Waals surface area contributed by atoms with E-state index in [1.54, 1.807) is 18.3 Å². The molecule has 0 bridgehead atoms. The van der Waals surface area contributed by atoms with E-state index in [4.69, 9.17) is 16.3 Å². The van der Waals surface area contributed by atoms with Gasteiger partial charge in [0.15, 0.2) is 0 Å². The van der Waals surface area contributed by atoms with Crippen LogP contribution in [0.5, 0.6) is 0 Å². The number of halogens is 1. The van der Waals surface area contributed by atoms with E-state index in [2.05, 4.69) is 15.6 Å². The highest BCUT2D eigenvalue weighted by molar-refractivity contribution is 6.35. The highest BCUT2D eigenvalue weighted by Crippen LogP contribution is 2.28. The number of nitrogens with zero attached hydrogens (tertiary/aromatic N) is 1. The second-order valence-electron chi connectivity index (χ2n) is 5.02. The lowest BCUT2D eigenvalue weighted by atomic mass is 10.0. The van der Waals surface area contributed by atoms with Crippen LogP contribution in [0, 0.1) is 5.92 Å². The summed E-state index contributed by atoms with van der Waals surface area (Å²) in [5, 5.41) is 7.47. The summed E-state index contributed by atoms with van der Waals surface area (Å²) in [6, 6.07) is 7.30. The topological polar surface area (TPSA) is 63.2 Å². The first-order chi connectivity index (χ1) is 10.2. The molecule has 1 aromatic carbocycles. The van der Waals surface area contributed by atoms with Crippen LogP contribution < -0.4 is 10.6 Å². The third-order valence-corrected chi connectivity index (χ3v) is 4.07. The van der Waals surface area contributed by atoms with Gasteiger partial charge in [-0.05, 0) is 31.3 Å². The van der Waals surface area contributed by atoms with Crippen molar-refractivity contribution in [1.29, 1.82) is 0 Å². The van der Waals surface area contributed by atoms with Gasteiger partial charge in [0.1, 0.15) is 0 Å². The lowest BCUT2D eigenvalue weighted by Crippen LogP contribution is -2.39. The van der Waals surface area contributed by atoms with Crippen LogP contribution in [-0.4, -0.2) is 37.2 Å². The zero-order chi connectivity index (χ0) is 14.8. The molecule has 0 aliphatic carbocycles. The second kappa shape index (κ2) is 5.97. The van der Waals surface area contributed by atoms with Gasteiger partial charge in [0, 0.05) is 17.6 Å². The molecule has 5 nitrogen and oxygen atoms in total. The molecule has 1 aliphatic rings. The number of carbonyl (C=O) groups is 1. The average molecular weight is 306 g/mol. The van der Waals surface area contributed by atoms with Gasteiger partial charge in [0.05, 0.1) is 35.4 Å². The molecule has 6 heteroatoms. The van der Waals surface area contributed by atoms with E-state index in [1.807, 2.05) is 19.2 Å². The summed E-state index contributed by atoms with van der Waals surface area (Å²) in [7, 11) is 1.83. The van der Waals surface area contributed by atoms with E-state index in [9.17, 15) is 4.79 Å². The molecular weight excluding hydrogens is 290 g/mol. The number of hydrogen-bond donors (Lipinski definition) is 2. The first-order valence-corrected chi connectivity index (χ1v) is 7.17. The molecule has 1 saturated heterocycles. The van der Waals surface area contributed by atoms with Crippen molar-refractivity contribution in [3.05, 3.63) is 35.5 Å². The Morgan fingerprint density at radius 1 is 1.38 bits per heavy atom. The molecule has 21 heavy (non-hydrogen) atoms. The van der Waals surface area contributed by atoms with Gasteiger partial charge in [-0.2, -0.15) is 0 Å². The summed E-state index contributed by atoms with van der Waals surface area (Å²) >= 11 is 6.13. The summed E-state index contributed by atoms with van der Waals surface area (Å²) in [5.41, 5.74) is 1.40. The largest absolute Gasteiger partial charge is 0.379 e. The van der Waals surface area contributed by atoms with Crippen molar-refractivity contribution < 1.29 is 9.53 Å². The maximum absolute atomic E-state index is 12.4. The Labute approximate surface area is 127 Å². The molecule has 0 spiro atoms. The Kier molecular flexibility index (Phi) is 4.05. The highest BCUT2D eigenvalue weighted by atomic mass is 35.5. The van der Waals surface area contributed by atoms with E-state index >= 15 is 0 Å². The summed E-state index contributed by atoms with van der Waals surface area (Å²) in [6.07, 6.45) is 1.68. The highest BCUT2D eigenvalue weighted by Gasteiger charge is 2.33. The molecule has 2 atom stereocenters. The van der Waals surface area contributed by atoms with Crippen molar-refractivity contribution >= 4 is 34.1 Å². The van der Waals surface area contributed by atoms with Gasteiger partial charge in [-0.3, -0.25) is 9.78 Å². The molecule has 2 aromatic rings. The number of ether oxygens (including phenoxy) is 1. The van der Waals surface area contributed by atoms with Crippen molar-refractivity contribution in [2.45, 2.75) is 6.04 Å². The number of benzene rings is 1. The zero-order valence-corrected chi connectivity index (χ0v) is 12.4. The number of amides is 1. The van der Waals surface area contributed by atoms with Crippen LogP contribution in [-0.2, 0) is 9.53 Å². The van der Waals surface area contributed by atoms with Gasteiger partial charge in [-0.15, -0.1) is 0 Å². The molecule has 2 unspecified atom stereocenters. The minimum atomic E-state index is -0.197. The Bertz CT molecular complexity index is 677. The third-order valence-electron chi connectivity index (χ3n) is 3.77. The van der Waals surface area contributed by atoms with Crippen LogP contribution in [0.15, 0.2) is 30.5 Å². The Hall–Kier alpha value is -1.69. The quantitative estimate of drug-likeness (QED) is 0.911. The number of nitrogens with one attached hydrogen (secondary N) is 2. The zero-order valence-electron chi connectivity index (χ0n) is 11.6. The molecular formula is C15H16ClN3O2. The number of pyridine rings is 1. The van der Waals surface area contributed by atoms with Crippen molar-refractivity contribution in [2.75, 3.05) is 25.6 Å². The van der Waals surface area contributed by atoms with E-state index < -0.39 is 0 Å². The van der Waals surface area contributed by atoms with Gasteiger partial charge in [-0.1, -0.05) is 11.6 Å². The smallest absolute Gasteiger partial charge is 0.231 e. The summed E-state index contributed by atoms with van der Waals surface area (Å²) in [5.74, 6) is -0.253. The number of likely N-dealkylation sites (N-methyl/N-ethyl adjacent to an activating group) is 1. The summed E-state index contributed by atoms with van der Waals surface area (Å²) in [4.78, 5) is 16.7. The fraction of sp³-hybridized carbons (Fsp3) is 0.333. The van der Waals surface area contributed by atoms with Gasteiger partial charge >= 0.3 is 0 Å². The molecule has 110 valence electrons. The van der Waals surface area contributed by atoms with Crippen molar-refractivity contribution in [3.8, 4) is 0 Å². The van der Waals surface area contributed by atoms with E-state index in [-0.39, 0.29) is 17.9 Å². The van der Waals surface area contributed by atoms with Crippen molar-refractivity contribution in [3.63, 3.8) is 0 Å². The van der Waals surface area contributed by atoms with Crippen molar-refractivity contribution in [1.82, 2.24) is 10.3 Å². The molecule has 1 aromatic heterocycles. The number of hydrogen-bond acceptors (Lipinski definition) is 4. The summed E-state index contributed by atoms with van der Waals surface area (Å²) < 4.78 is 5.37. The molecule has 1 aliphatic heterocycles. The fourth-order valence-corrected chi connectivity index (χ4v) is 2.78. The third kappa shape index (κ3) is 2.72.